The average molecular weight is 199 g/mol. The molecule has 1 saturated carbocycles. The second kappa shape index (κ2) is 6.57. The van der Waals surface area contributed by atoms with Crippen molar-refractivity contribution >= 4 is 11.7 Å². The van der Waals surface area contributed by atoms with E-state index in [1.807, 2.05) is 13.8 Å². The molecule has 1 fully saturated rings. The van der Waals surface area contributed by atoms with Gasteiger partial charge in [-0.2, -0.15) is 0 Å². The number of carbonyl (C=O) groups is 2. The Morgan fingerprint density at radius 2 is 1.36 bits per heavy atom. The maximum atomic E-state index is 11.0. The predicted molar refractivity (Wildman–Crippen MR) is 56.7 cm³/mol. The molecule has 0 radical (unpaired) electrons. The highest BCUT2D eigenvalue weighted by Crippen LogP contribution is 2.28. The van der Waals surface area contributed by atoms with Crippen LogP contribution in [0.4, 0.5) is 0 Å². The first-order valence-corrected chi connectivity index (χ1v) is 5.41. The van der Waals surface area contributed by atoms with E-state index in [1.165, 1.54) is 0 Å². The predicted octanol–water partition coefficient (Wildman–Crippen LogP) is 1.89. The smallest absolute Gasteiger partial charge is 0.220 e. The Bertz CT molecular complexity index is 171. The van der Waals surface area contributed by atoms with Crippen molar-refractivity contribution in [1.82, 2.24) is 0 Å². The maximum absolute atomic E-state index is 11.0. The molecule has 1 amide bonds. The second-order valence-corrected chi connectivity index (χ2v) is 3.56. The summed E-state index contributed by atoms with van der Waals surface area (Å²) in [5, 5.41) is 0. The van der Waals surface area contributed by atoms with E-state index in [-0.39, 0.29) is 23.5 Å². The highest BCUT2D eigenvalue weighted by molar-refractivity contribution is 5.80. The van der Waals surface area contributed by atoms with E-state index in [1.54, 1.807) is 6.92 Å². The SMILES string of the molecule is CC.CC(=O)C1CCC(C(N)=O)CC1. The summed E-state index contributed by atoms with van der Waals surface area (Å²) in [7, 11) is 0. The average Bonchev–Trinajstić information content (AvgIpc) is 2.21. The number of primary amides is 1. The number of rotatable bonds is 2. The van der Waals surface area contributed by atoms with Crippen molar-refractivity contribution in [2.75, 3.05) is 0 Å². The van der Waals surface area contributed by atoms with Crippen LogP contribution in [0.15, 0.2) is 0 Å². The van der Waals surface area contributed by atoms with Crippen LogP contribution in [-0.4, -0.2) is 11.7 Å². The summed E-state index contributed by atoms with van der Waals surface area (Å²) in [5.74, 6) is 0.233. The van der Waals surface area contributed by atoms with E-state index in [0.717, 1.165) is 25.7 Å². The Hall–Kier alpha value is -0.860. The van der Waals surface area contributed by atoms with Crippen molar-refractivity contribution in [2.24, 2.45) is 17.6 Å². The van der Waals surface area contributed by atoms with Crippen LogP contribution in [0.1, 0.15) is 46.5 Å². The van der Waals surface area contributed by atoms with Crippen LogP contribution >= 0.6 is 0 Å². The summed E-state index contributed by atoms with van der Waals surface area (Å²) in [4.78, 5) is 21.7. The van der Waals surface area contributed by atoms with Crippen LogP contribution < -0.4 is 5.73 Å². The second-order valence-electron chi connectivity index (χ2n) is 3.56. The number of Topliss-reactive ketones (excluding diaryl/α,β-unsaturated/α-hetero) is 1. The number of hydrogen-bond acceptors (Lipinski definition) is 2. The Balaban J connectivity index is 0.000000791. The van der Waals surface area contributed by atoms with Gasteiger partial charge < -0.3 is 5.73 Å². The van der Waals surface area contributed by atoms with Gasteiger partial charge in [-0.25, -0.2) is 0 Å². The number of amides is 1. The van der Waals surface area contributed by atoms with Crippen molar-refractivity contribution in [3.8, 4) is 0 Å². The zero-order valence-corrected chi connectivity index (χ0v) is 9.38. The van der Waals surface area contributed by atoms with Crippen molar-refractivity contribution < 1.29 is 9.59 Å². The summed E-state index contributed by atoms with van der Waals surface area (Å²) >= 11 is 0. The zero-order valence-electron chi connectivity index (χ0n) is 9.38. The third-order valence-corrected chi connectivity index (χ3v) is 2.70. The minimum Gasteiger partial charge on any atom is -0.369 e. The first-order chi connectivity index (χ1) is 6.61. The summed E-state index contributed by atoms with van der Waals surface area (Å²) in [6.45, 7) is 5.62. The van der Waals surface area contributed by atoms with E-state index < -0.39 is 0 Å². The van der Waals surface area contributed by atoms with Gasteiger partial charge in [0.15, 0.2) is 0 Å². The molecule has 1 aliphatic rings. The Morgan fingerprint density at radius 1 is 1.00 bits per heavy atom. The van der Waals surface area contributed by atoms with Crippen LogP contribution in [0.2, 0.25) is 0 Å². The lowest BCUT2D eigenvalue weighted by molar-refractivity contribution is -0.126. The van der Waals surface area contributed by atoms with Crippen LogP contribution in [0.3, 0.4) is 0 Å². The van der Waals surface area contributed by atoms with Gasteiger partial charge in [-0.05, 0) is 32.6 Å². The molecule has 3 heteroatoms. The molecular formula is C11H21NO2. The fourth-order valence-electron chi connectivity index (χ4n) is 1.78. The van der Waals surface area contributed by atoms with Gasteiger partial charge in [0.2, 0.25) is 5.91 Å². The fraction of sp³-hybridized carbons (Fsp3) is 0.818. The van der Waals surface area contributed by atoms with Gasteiger partial charge in [0.1, 0.15) is 5.78 Å². The van der Waals surface area contributed by atoms with Gasteiger partial charge in [-0.3, -0.25) is 9.59 Å². The Kier molecular flexibility index (Phi) is 6.17. The molecule has 3 nitrogen and oxygen atoms in total. The molecule has 14 heavy (non-hydrogen) atoms. The van der Waals surface area contributed by atoms with E-state index in [9.17, 15) is 9.59 Å². The lowest BCUT2D eigenvalue weighted by Crippen LogP contribution is -2.29. The standard InChI is InChI=1S/C9H15NO2.C2H6/c1-6(11)7-2-4-8(5-3-7)9(10)12;1-2/h7-8H,2-5H2,1H3,(H2,10,12);1-2H3. The molecular weight excluding hydrogens is 178 g/mol. The lowest BCUT2D eigenvalue weighted by atomic mass is 9.80. The van der Waals surface area contributed by atoms with Gasteiger partial charge in [0, 0.05) is 11.8 Å². The lowest BCUT2D eigenvalue weighted by Gasteiger charge is -2.24. The largest absolute Gasteiger partial charge is 0.369 e. The van der Waals surface area contributed by atoms with E-state index in [4.69, 9.17) is 5.73 Å². The zero-order chi connectivity index (χ0) is 11.1. The highest BCUT2D eigenvalue weighted by Gasteiger charge is 2.26. The summed E-state index contributed by atoms with van der Waals surface area (Å²) in [6.07, 6.45) is 3.26. The molecule has 0 saturated heterocycles. The molecule has 1 aliphatic carbocycles. The molecule has 0 bridgehead atoms. The minimum absolute atomic E-state index is 0.0144. The molecule has 0 aromatic carbocycles. The van der Waals surface area contributed by atoms with Crippen LogP contribution in [0.5, 0.6) is 0 Å². The van der Waals surface area contributed by atoms with Gasteiger partial charge in [-0.1, -0.05) is 13.8 Å². The van der Waals surface area contributed by atoms with Crippen molar-refractivity contribution in [3.05, 3.63) is 0 Å². The minimum atomic E-state index is -0.211. The van der Waals surface area contributed by atoms with Crippen LogP contribution in [0, 0.1) is 11.8 Å². The van der Waals surface area contributed by atoms with Gasteiger partial charge in [0.05, 0.1) is 0 Å². The molecule has 0 spiro atoms. The van der Waals surface area contributed by atoms with Crippen molar-refractivity contribution in [2.45, 2.75) is 46.5 Å². The van der Waals surface area contributed by atoms with Crippen molar-refractivity contribution in [1.29, 1.82) is 0 Å². The number of ketones is 1. The molecule has 0 heterocycles. The number of hydrogen-bond donors (Lipinski definition) is 1. The van der Waals surface area contributed by atoms with Gasteiger partial charge in [0.25, 0.3) is 0 Å². The monoisotopic (exact) mass is 199 g/mol. The fourth-order valence-corrected chi connectivity index (χ4v) is 1.78. The summed E-state index contributed by atoms with van der Waals surface area (Å²) < 4.78 is 0. The quantitative estimate of drug-likeness (QED) is 0.738. The maximum Gasteiger partial charge on any atom is 0.220 e. The normalized spacial score (nSPS) is 25.9. The number of nitrogens with two attached hydrogens (primary N) is 1. The third-order valence-electron chi connectivity index (χ3n) is 2.70. The summed E-state index contributed by atoms with van der Waals surface area (Å²) in [6, 6.07) is 0. The topological polar surface area (TPSA) is 60.2 Å². The summed E-state index contributed by atoms with van der Waals surface area (Å²) in [5.41, 5.74) is 5.16. The van der Waals surface area contributed by atoms with E-state index >= 15 is 0 Å². The Labute approximate surface area is 86.1 Å². The van der Waals surface area contributed by atoms with Crippen LogP contribution in [0.25, 0.3) is 0 Å². The third kappa shape index (κ3) is 3.90. The first kappa shape index (κ1) is 13.1. The molecule has 0 atom stereocenters. The van der Waals surface area contributed by atoms with Gasteiger partial charge >= 0.3 is 0 Å². The molecule has 0 unspecified atom stereocenters. The molecule has 2 N–H and O–H groups in total. The molecule has 0 aromatic rings. The van der Waals surface area contributed by atoms with Crippen molar-refractivity contribution in [3.63, 3.8) is 0 Å². The number of carbonyl (C=O) groups excluding carboxylic acids is 2. The first-order valence-electron chi connectivity index (χ1n) is 5.41. The molecule has 1 rings (SSSR count). The van der Waals surface area contributed by atoms with Gasteiger partial charge in [-0.15, -0.1) is 0 Å². The van der Waals surface area contributed by atoms with E-state index in [0.29, 0.717) is 0 Å². The molecule has 0 aromatic heterocycles. The highest BCUT2D eigenvalue weighted by atomic mass is 16.1. The van der Waals surface area contributed by atoms with Crippen LogP contribution in [-0.2, 0) is 9.59 Å². The van der Waals surface area contributed by atoms with E-state index in [2.05, 4.69) is 0 Å². The molecule has 0 aliphatic heterocycles. The molecule has 82 valence electrons. The Morgan fingerprint density at radius 3 is 1.64 bits per heavy atom.